The Morgan fingerprint density at radius 1 is 1.36 bits per heavy atom. The van der Waals surface area contributed by atoms with Crippen molar-refractivity contribution in [3.05, 3.63) is 40.2 Å². The van der Waals surface area contributed by atoms with Gasteiger partial charge in [0.1, 0.15) is 11.3 Å². The largest absolute Gasteiger partial charge is 0.506 e. The predicted molar refractivity (Wildman–Crippen MR) is 87.8 cm³/mol. The van der Waals surface area contributed by atoms with Crippen LogP contribution in [0.4, 0.5) is 0 Å². The summed E-state index contributed by atoms with van der Waals surface area (Å²) in [5, 5.41) is 13.5. The van der Waals surface area contributed by atoms with Crippen LogP contribution in [0.25, 0.3) is 10.9 Å². The van der Waals surface area contributed by atoms with Crippen molar-refractivity contribution in [2.24, 2.45) is 0 Å². The van der Waals surface area contributed by atoms with Crippen molar-refractivity contribution in [2.75, 3.05) is 12.4 Å². The molecule has 1 aromatic carbocycles. The van der Waals surface area contributed by atoms with Crippen LogP contribution < -0.4 is 10.9 Å². The maximum Gasteiger partial charge on any atom is 0.267 e. The zero-order valence-corrected chi connectivity index (χ0v) is 13.2. The summed E-state index contributed by atoms with van der Waals surface area (Å²) in [6.45, 7) is 2.80. The number of hydrogen-bond acceptors (Lipinski definition) is 3. The Labute approximate surface area is 133 Å². The summed E-state index contributed by atoms with van der Waals surface area (Å²) in [5.41, 5.74) is -0.0488. The molecular weight excluding hydrogens is 304 g/mol. The number of rotatable bonds is 6. The van der Waals surface area contributed by atoms with Crippen LogP contribution >= 0.6 is 11.6 Å². The molecule has 0 aliphatic rings. The molecule has 0 aliphatic carbocycles. The Bertz CT molecular complexity index is 740. The topological polar surface area (TPSA) is 71.3 Å². The second-order valence-corrected chi connectivity index (χ2v) is 5.37. The van der Waals surface area contributed by atoms with Crippen LogP contribution in [0.5, 0.6) is 5.75 Å². The van der Waals surface area contributed by atoms with Crippen LogP contribution in [-0.2, 0) is 6.54 Å². The average molecular weight is 323 g/mol. The molecule has 22 heavy (non-hydrogen) atoms. The van der Waals surface area contributed by atoms with Crippen molar-refractivity contribution in [3.63, 3.8) is 0 Å². The first-order valence-corrected chi connectivity index (χ1v) is 7.84. The van der Waals surface area contributed by atoms with Gasteiger partial charge in [0.05, 0.1) is 5.52 Å². The third kappa shape index (κ3) is 3.09. The van der Waals surface area contributed by atoms with Gasteiger partial charge < -0.3 is 15.0 Å². The van der Waals surface area contributed by atoms with Gasteiger partial charge in [0.25, 0.3) is 11.5 Å². The lowest BCUT2D eigenvalue weighted by atomic mass is 10.1. The molecular formula is C16H19ClN2O3. The first-order valence-electron chi connectivity index (χ1n) is 7.30. The number of fused-ring (bicyclic) bond motifs is 1. The number of carbonyl (C=O) groups excluding carboxylic acids is 1. The molecule has 1 heterocycles. The van der Waals surface area contributed by atoms with E-state index in [4.69, 9.17) is 11.6 Å². The number of nitrogens with zero attached hydrogens (tertiary/aromatic N) is 1. The molecule has 118 valence electrons. The van der Waals surface area contributed by atoms with E-state index in [-0.39, 0.29) is 11.3 Å². The molecule has 0 atom stereocenters. The molecule has 0 unspecified atom stereocenters. The van der Waals surface area contributed by atoms with E-state index in [0.29, 0.717) is 36.3 Å². The number of carbonyl (C=O) groups is 1. The number of aromatic hydroxyl groups is 1. The van der Waals surface area contributed by atoms with Crippen molar-refractivity contribution in [3.8, 4) is 5.75 Å². The summed E-state index contributed by atoms with van der Waals surface area (Å²) in [6.07, 6.45) is 1.35. The van der Waals surface area contributed by atoms with Gasteiger partial charge in [-0.25, -0.2) is 0 Å². The molecule has 2 aromatic rings. The standard InChI is InChI=1S/C16H19ClN2O3/c1-2-10-19-12-7-4-3-6-11(12)14(20)13(16(19)22)15(21)18-9-5-8-17/h3-4,6-7,20H,2,5,8-10H2,1H3,(H,18,21). The lowest BCUT2D eigenvalue weighted by molar-refractivity contribution is 0.0949. The van der Waals surface area contributed by atoms with Crippen LogP contribution in [0, 0.1) is 0 Å². The van der Waals surface area contributed by atoms with Crippen molar-refractivity contribution in [1.29, 1.82) is 0 Å². The Kier molecular flexibility index (Phi) is 5.44. The van der Waals surface area contributed by atoms with E-state index in [1.54, 1.807) is 24.3 Å². The van der Waals surface area contributed by atoms with Gasteiger partial charge in [0, 0.05) is 24.4 Å². The third-order valence-electron chi connectivity index (χ3n) is 3.42. The number of hydrogen-bond donors (Lipinski definition) is 2. The van der Waals surface area contributed by atoms with Gasteiger partial charge in [-0.05, 0) is 25.0 Å². The van der Waals surface area contributed by atoms with Gasteiger partial charge in [-0.1, -0.05) is 19.1 Å². The van der Waals surface area contributed by atoms with E-state index in [0.717, 1.165) is 6.42 Å². The number of amides is 1. The minimum atomic E-state index is -0.566. The van der Waals surface area contributed by atoms with E-state index in [9.17, 15) is 14.7 Å². The second kappa shape index (κ2) is 7.31. The van der Waals surface area contributed by atoms with Crippen molar-refractivity contribution < 1.29 is 9.90 Å². The van der Waals surface area contributed by atoms with Crippen LogP contribution in [0.15, 0.2) is 29.1 Å². The highest BCUT2D eigenvalue weighted by Gasteiger charge is 2.21. The zero-order chi connectivity index (χ0) is 16.1. The number of benzene rings is 1. The number of halogens is 1. The van der Waals surface area contributed by atoms with Crippen LogP contribution in [-0.4, -0.2) is 28.0 Å². The number of aromatic nitrogens is 1. The molecule has 2 N–H and O–H groups in total. The number of para-hydroxylation sites is 1. The van der Waals surface area contributed by atoms with Crippen LogP contribution in [0.1, 0.15) is 30.1 Å². The number of pyridine rings is 1. The minimum Gasteiger partial charge on any atom is -0.506 e. The fourth-order valence-electron chi connectivity index (χ4n) is 2.40. The minimum absolute atomic E-state index is 0.207. The lowest BCUT2D eigenvalue weighted by Gasteiger charge is -2.14. The Morgan fingerprint density at radius 2 is 2.09 bits per heavy atom. The Balaban J connectivity index is 2.58. The fraction of sp³-hybridized carbons (Fsp3) is 0.375. The summed E-state index contributed by atoms with van der Waals surface area (Å²) in [6, 6.07) is 7.03. The highest BCUT2D eigenvalue weighted by atomic mass is 35.5. The van der Waals surface area contributed by atoms with Crippen molar-refractivity contribution in [1.82, 2.24) is 9.88 Å². The molecule has 1 amide bonds. The molecule has 2 rings (SSSR count). The van der Waals surface area contributed by atoms with E-state index in [1.807, 2.05) is 6.92 Å². The highest BCUT2D eigenvalue weighted by Crippen LogP contribution is 2.26. The van der Waals surface area contributed by atoms with E-state index >= 15 is 0 Å². The van der Waals surface area contributed by atoms with Crippen molar-refractivity contribution >= 4 is 28.4 Å². The van der Waals surface area contributed by atoms with Gasteiger partial charge in [-0.3, -0.25) is 9.59 Å². The molecule has 0 saturated carbocycles. The van der Waals surface area contributed by atoms with Gasteiger partial charge in [0.2, 0.25) is 0 Å². The lowest BCUT2D eigenvalue weighted by Crippen LogP contribution is -2.34. The molecule has 0 saturated heterocycles. The van der Waals surface area contributed by atoms with E-state index < -0.39 is 11.5 Å². The van der Waals surface area contributed by atoms with Gasteiger partial charge in [0.15, 0.2) is 0 Å². The average Bonchev–Trinajstić information content (AvgIpc) is 2.52. The molecule has 0 aliphatic heterocycles. The molecule has 1 aromatic heterocycles. The monoisotopic (exact) mass is 322 g/mol. The van der Waals surface area contributed by atoms with E-state index in [2.05, 4.69) is 5.32 Å². The first kappa shape index (κ1) is 16.4. The van der Waals surface area contributed by atoms with Crippen LogP contribution in [0.2, 0.25) is 0 Å². The second-order valence-electron chi connectivity index (χ2n) is 5.00. The number of aryl methyl sites for hydroxylation is 1. The molecule has 0 bridgehead atoms. The summed E-state index contributed by atoms with van der Waals surface area (Å²) >= 11 is 5.57. The summed E-state index contributed by atoms with van der Waals surface area (Å²) in [4.78, 5) is 24.8. The van der Waals surface area contributed by atoms with Crippen molar-refractivity contribution in [2.45, 2.75) is 26.3 Å². The number of alkyl halides is 1. The molecule has 0 radical (unpaired) electrons. The Morgan fingerprint density at radius 3 is 2.77 bits per heavy atom. The van der Waals surface area contributed by atoms with Crippen LogP contribution in [0.3, 0.4) is 0 Å². The van der Waals surface area contributed by atoms with Gasteiger partial charge >= 0.3 is 0 Å². The SMILES string of the molecule is CCCn1c(=O)c(C(=O)NCCCCl)c(O)c2ccccc21. The normalized spacial score (nSPS) is 10.8. The quantitative estimate of drug-likeness (QED) is 0.634. The maximum absolute atomic E-state index is 12.6. The van der Waals surface area contributed by atoms with Gasteiger partial charge in [-0.15, -0.1) is 11.6 Å². The summed E-state index contributed by atoms with van der Waals surface area (Å²) < 4.78 is 1.53. The summed E-state index contributed by atoms with van der Waals surface area (Å²) in [7, 11) is 0. The third-order valence-corrected chi connectivity index (χ3v) is 3.68. The maximum atomic E-state index is 12.6. The predicted octanol–water partition coefficient (Wildman–Crippen LogP) is 2.48. The molecule has 0 spiro atoms. The fourth-order valence-corrected chi connectivity index (χ4v) is 2.53. The molecule has 0 fully saturated rings. The highest BCUT2D eigenvalue weighted by molar-refractivity contribution is 6.17. The first-order chi connectivity index (χ1) is 10.6. The Hall–Kier alpha value is -2.01. The number of nitrogens with one attached hydrogen (secondary N) is 1. The van der Waals surface area contributed by atoms with Gasteiger partial charge in [-0.2, -0.15) is 0 Å². The van der Waals surface area contributed by atoms with E-state index in [1.165, 1.54) is 4.57 Å². The smallest absolute Gasteiger partial charge is 0.267 e. The summed E-state index contributed by atoms with van der Waals surface area (Å²) in [5.74, 6) is -0.413. The molecule has 5 nitrogen and oxygen atoms in total. The molecule has 6 heteroatoms. The zero-order valence-electron chi connectivity index (χ0n) is 12.4.